The van der Waals surface area contributed by atoms with E-state index in [0.29, 0.717) is 5.25 Å². The van der Waals surface area contributed by atoms with Gasteiger partial charge in [-0.25, -0.2) is 0 Å². The molecule has 1 saturated heterocycles. The molecule has 1 aliphatic rings. The summed E-state index contributed by atoms with van der Waals surface area (Å²) in [6.45, 7) is 2.36. The lowest BCUT2D eigenvalue weighted by Crippen LogP contribution is -2.30. The highest BCUT2D eigenvalue weighted by molar-refractivity contribution is 7.99. The van der Waals surface area contributed by atoms with Crippen LogP contribution in [0.4, 0.5) is 0 Å². The Labute approximate surface area is 83.4 Å². The summed E-state index contributed by atoms with van der Waals surface area (Å²) >= 11 is 2.04. The molecule has 0 amide bonds. The second-order valence-electron chi connectivity index (χ2n) is 3.41. The van der Waals surface area contributed by atoms with E-state index in [4.69, 9.17) is 0 Å². The van der Waals surface area contributed by atoms with E-state index in [9.17, 15) is 0 Å². The Hall–Kier alpha value is -0.540. The molecule has 2 nitrogen and oxygen atoms in total. The number of rotatable bonds is 1. The van der Waals surface area contributed by atoms with Gasteiger partial charge in [0.1, 0.15) is 0 Å². The highest BCUT2D eigenvalue weighted by Gasteiger charge is 2.18. The zero-order valence-electron chi connectivity index (χ0n) is 7.81. The molecule has 0 radical (unpaired) electrons. The Kier molecular flexibility index (Phi) is 2.86. The Bertz CT molecular complexity index is 263. The molecule has 0 N–H and O–H groups in total. The molecular weight excluding hydrogens is 180 g/mol. The molecule has 3 heteroatoms. The summed E-state index contributed by atoms with van der Waals surface area (Å²) < 4.78 is 0. The number of pyridine rings is 1. The van der Waals surface area contributed by atoms with Crippen LogP contribution in [0.3, 0.4) is 0 Å². The number of hydrogen-bond acceptors (Lipinski definition) is 3. The van der Waals surface area contributed by atoms with Gasteiger partial charge in [-0.05, 0) is 18.7 Å². The van der Waals surface area contributed by atoms with Crippen LogP contribution in [0.1, 0.15) is 10.8 Å². The van der Waals surface area contributed by atoms with Gasteiger partial charge in [0.25, 0.3) is 0 Å². The van der Waals surface area contributed by atoms with Gasteiger partial charge in [-0.2, -0.15) is 11.8 Å². The van der Waals surface area contributed by atoms with Gasteiger partial charge in [-0.3, -0.25) is 4.98 Å². The average Bonchev–Trinajstić information content (AvgIpc) is 2.19. The molecule has 0 saturated carbocycles. The van der Waals surface area contributed by atoms with Gasteiger partial charge >= 0.3 is 0 Å². The lowest BCUT2D eigenvalue weighted by Gasteiger charge is -2.29. The van der Waals surface area contributed by atoms with Crippen LogP contribution in [0.5, 0.6) is 0 Å². The van der Waals surface area contributed by atoms with Gasteiger partial charge in [0.05, 0.1) is 0 Å². The fourth-order valence-electron chi connectivity index (χ4n) is 1.55. The van der Waals surface area contributed by atoms with Crippen LogP contribution in [0.15, 0.2) is 24.5 Å². The number of likely N-dealkylation sites (N-methyl/N-ethyl adjacent to an activating group) is 1. The largest absolute Gasteiger partial charge is 0.304 e. The maximum absolute atomic E-state index is 4.15. The molecule has 1 aromatic heterocycles. The van der Waals surface area contributed by atoms with Gasteiger partial charge in [0.15, 0.2) is 0 Å². The Balaban J connectivity index is 2.08. The molecule has 1 aliphatic heterocycles. The quantitative estimate of drug-likeness (QED) is 0.678. The molecule has 70 valence electrons. The predicted octanol–water partition coefficient (Wildman–Crippen LogP) is 1.80. The van der Waals surface area contributed by atoms with Crippen LogP contribution < -0.4 is 0 Å². The summed E-state index contributed by atoms with van der Waals surface area (Å²) in [6.07, 6.45) is 3.82. The summed E-state index contributed by atoms with van der Waals surface area (Å²) in [4.78, 5) is 6.54. The van der Waals surface area contributed by atoms with E-state index < -0.39 is 0 Å². The van der Waals surface area contributed by atoms with Crippen molar-refractivity contribution >= 4 is 11.8 Å². The zero-order valence-corrected chi connectivity index (χ0v) is 8.63. The van der Waals surface area contributed by atoms with E-state index in [1.165, 1.54) is 17.9 Å². The maximum Gasteiger partial charge on any atom is 0.0439 e. The summed E-state index contributed by atoms with van der Waals surface area (Å²) in [6, 6.07) is 4.19. The van der Waals surface area contributed by atoms with Crippen molar-refractivity contribution < 1.29 is 0 Å². The molecule has 1 fully saturated rings. The lowest BCUT2D eigenvalue weighted by atomic mass is 10.2. The van der Waals surface area contributed by atoms with Crippen molar-refractivity contribution in [3.05, 3.63) is 30.1 Å². The summed E-state index contributed by atoms with van der Waals surface area (Å²) in [5.74, 6) is 1.23. The first-order chi connectivity index (χ1) is 6.36. The van der Waals surface area contributed by atoms with Crippen molar-refractivity contribution in [2.45, 2.75) is 5.25 Å². The van der Waals surface area contributed by atoms with Gasteiger partial charge in [-0.1, -0.05) is 6.07 Å². The Morgan fingerprint density at radius 3 is 3.23 bits per heavy atom. The maximum atomic E-state index is 4.15. The van der Waals surface area contributed by atoms with Crippen molar-refractivity contribution in [3.8, 4) is 0 Å². The number of nitrogens with zero attached hydrogens (tertiary/aromatic N) is 2. The number of hydrogen-bond donors (Lipinski definition) is 0. The molecule has 0 aromatic carbocycles. The molecule has 0 spiro atoms. The fourth-order valence-corrected chi connectivity index (χ4v) is 2.94. The zero-order chi connectivity index (χ0) is 9.10. The standard InChI is InChI=1S/C10H14N2S/c1-12-5-6-13-10(8-12)9-3-2-4-11-7-9/h2-4,7,10H,5-6,8H2,1H3. The fraction of sp³-hybridized carbons (Fsp3) is 0.500. The molecular formula is C10H14N2S. The van der Waals surface area contributed by atoms with E-state index in [2.05, 4.69) is 23.0 Å². The molecule has 2 rings (SSSR count). The minimum atomic E-state index is 0.618. The molecule has 0 bridgehead atoms. The van der Waals surface area contributed by atoms with E-state index >= 15 is 0 Å². The monoisotopic (exact) mass is 194 g/mol. The summed E-state index contributed by atoms with van der Waals surface area (Å²) in [5, 5.41) is 0.618. The lowest BCUT2D eigenvalue weighted by molar-refractivity contribution is 0.347. The van der Waals surface area contributed by atoms with Gasteiger partial charge in [-0.15, -0.1) is 0 Å². The number of thioether (sulfide) groups is 1. The predicted molar refractivity (Wildman–Crippen MR) is 56.9 cm³/mol. The first kappa shape index (κ1) is 9.03. The van der Waals surface area contributed by atoms with Crippen LogP contribution in [0.2, 0.25) is 0 Å². The summed E-state index contributed by atoms with van der Waals surface area (Å²) in [5.41, 5.74) is 1.36. The van der Waals surface area contributed by atoms with E-state index in [-0.39, 0.29) is 0 Å². The minimum absolute atomic E-state index is 0.618. The molecule has 1 aromatic rings. The topological polar surface area (TPSA) is 16.1 Å². The van der Waals surface area contributed by atoms with Gasteiger partial charge < -0.3 is 4.90 Å². The SMILES string of the molecule is CN1CCSC(c2cccnc2)C1. The normalized spacial score (nSPS) is 24.5. The van der Waals surface area contributed by atoms with Crippen molar-refractivity contribution in [3.63, 3.8) is 0 Å². The van der Waals surface area contributed by atoms with Gasteiger partial charge in [0.2, 0.25) is 0 Å². The minimum Gasteiger partial charge on any atom is -0.304 e. The van der Waals surface area contributed by atoms with Crippen LogP contribution in [0, 0.1) is 0 Å². The highest BCUT2D eigenvalue weighted by atomic mass is 32.2. The van der Waals surface area contributed by atoms with Crippen LogP contribution >= 0.6 is 11.8 Å². The van der Waals surface area contributed by atoms with Crippen LogP contribution in [-0.4, -0.2) is 35.8 Å². The molecule has 1 atom stereocenters. The van der Waals surface area contributed by atoms with Crippen LogP contribution in [0.25, 0.3) is 0 Å². The molecule has 2 heterocycles. The molecule has 0 aliphatic carbocycles. The van der Waals surface area contributed by atoms with E-state index in [1.54, 1.807) is 0 Å². The third-order valence-electron chi connectivity index (χ3n) is 2.33. The third kappa shape index (κ3) is 2.23. The van der Waals surface area contributed by atoms with Crippen molar-refractivity contribution in [1.29, 1.82) is 0 Å². The van der Waals surface area contributed by atoms with Crippen LogP contribution in [-0.2, 0) is 0 Å². The molecule has 1 unspecified atom stereocenters. The summed E-state index contributed by atoms with van der Waals surface area (Å²) in [7, 11) is 2.18. The van der Waals surface area contributed by atoms with E-state index in [1.807, 2.05) is 30.2 Å². The van der Waals surface area contributed by atoms with E-state index in [0.717, 1.165) is 6.54 Å². The highest BCUT2D eigenvalue weighted by Crippen LogP contribution is 2.31. The van der Waals surface area contributed by atoms with Crippen molar-refractivity contribution in [1.82, 2.24) is 9.88 Å². The van der Waals surface area contributed by atoms with Gasteiger partial charge in [0, 0.05) is 36.5 Å². The Morgan fingerprint density at radius 2 is 2.54 bits per heavy atom. The smallest absolute Gasteiger partial charge is 0.0439 e. The average molecular weight is 194 g/mol. The Morgan fingerprint density at radius 1 is 1.62 bits per heavy atom. The number of aromatic nitrogens is 1. The first-order valence-corrected chi connectivity index (χ1v) is 5.61. The van der Waals surface area contributed by atoms with Crippen molar-refractivity contribution in [2.75, 3.05) is 25.9 Å². The second kappa shape index (κ2) is 4.11. The molecule has 13 heavy (non-hydrogen) atoms. The van der Waals surface area contributed by atoms with Crippen molar-refractivity contribution in [2.24, 2.45) is 0 Å². The first-order valence-electron chi connectivity index (χ1n) is 4.56. The second-order valence-corrected chi connectivity index (χ2v) is 4.72. The third-order valence-corrected chi connectivity index (χ3v) is 3.57.